The number of aliphatic hydroxyl groups excluding tert-OH is 1. The molecule has 37 heavy (non-hydrogen) atoms. The van der Waals surface area contributed by atoms with Gasteiger partial charge in [-0.2, -0.15) is 18.3 Å². The van der Waals surface area contributed by atoms with Crippen molar-refractivity contribution in [2.75, 3.05) is 55.0 Å². The van der Waals surface area contributed by atoms with Gasteiger partial charge >= 0.3 is 6.18 Å². The molecule has 0 aliphatic carbocycles. The summed E-state index contributed by atoms with van der Waals surface area (Å²) in [5, 5.41) is 21.0. The van der Waals surface area contributed by atoms with E-state index >= 15 is 4.39 Å². The third kappa shape index (κ3) is 6.12. The number of ether oxygens (including phenoxy) is 1. The Labute approximate surface area is 209 Å². The number of morpholine rings is 1. The van der Waals surface area contributed by atoms with E-state index < -0.39 is 23.6 Å². The van der Waals surface area contributed by atoms with Gasteiger partial charge in [-0.3, -0.25) is 4.79 Å². The Balaban J connectivity index is 1.69. The summed E-state index contributed by atoms with van der Waals surface area (Å²) < 4.78 is 60.0. The van der Waals surface area contributed by atoms with Crippen molar-refractivity contribution in [1.82, 2.24) is 15.2 Å². The van der Waals surface area contributed by atoms with E-state index in [0.717, 1.165) is 6.20 Å². The monoisotopic (exact) mass is 520 g/mol. The minimum absolute atomic E-state index is 0.123. The molecule has 0 saturated carbocycles. The van der Waals surface area contributed by atoms with Gasteiger partial charge in [0.2, 0.25) is 0 Å². The molecule has 0 spiro atoms. The molecule has 0 atom stereocenters. The maximum atomic E-state index is 15.8. The van der Waals surface area contributed by atoms with Gasteiger partial charge in [0.25, 0.3) is 5.91 Å². The van der Waals surface area contributed by atoms with Crippen molar-refractivity contribution in [3.63, 3.8) is 0 Å². The largest absolute Gasteiger partial charge is 0.435 e. The summed E-state index contributed by atoms with van der Waals surface area (Å²) in [6.45, 7) is 3.55. The van der Waals surface area contributed by atoms with Crippen LogP contribution in [-0.2, 0) is 10.9 Å². The molecule has 2 aromatic heterocycles. The van der Waals surface area contributed by atoms with Gasteiger partial charge in [-0.15, -0.1) is 5.10 Å². The molecule has 13 heteroatoms. The molecule has 1 aliphatic rings. The average Bonchev–Trinajstić information content (AvgIpc) is 2.89. The number of halogens is 4. The molecule has 1 aromatic carbocycles. The molecule has 1 saturated heterocycles. The Morgan fingerprint density at radius 1 is 1.16 bits per heavy atom. The van der Waals surface area contributed by atoms with Gasteiger partial charge in [0.05, 0.1) is 31.6 Å². The number of hydrogen-bond acceptors (Lipinski definition) is 8. The van der Waals surface area contributed by atoms with E-state index in [2.05, 4.69) is 25.8 Å². The van der Waals surface area contributed by atoms with Crippen LogP contribution in [0.4, 0.5) is 34.9 Å². The summed E-state index contributed by atoms with van der Waals surface area (Å²) in [7, 11) is 0. The number of benzene rings is 1. The fraction of sp³-hybridized carbons (Fsp3) is 0.333. The Morgan fingerprint density at radius 2 is 1.92 bits per heavy atom. The highest BCUT2D eigenvalue weighted by Gasteiger charge is 2.33. The van der Waals surface area contributed by atoms with E-state index in [1.807, 2.05) is 0 Å². The second kappa shape index (κ2) is 11.0. The highest BCUT2D eigenvalue weighted by molar-refractivity contribution is 6.04. The number of pyridine rings is 1. The molecule has 0 radical (unpaired) electrons. The first-order chi connectivity index (χ1) is 17.7. The first-order valence-corrected chi connectivity index (χ1v) is 11.4. The fourth-order valence-corrected chi connectivity index (χ4v) is 3.79. The van der Waals surface area contributed by atoms with Crippen LogP contribution in [-0.4, -0.2) is 65.6 Å². The quantitative estimate of drug-likeness (QED) is 0.406. The summed E-state index contributed by atoms with van der Waals surface area (Å²) in [5.74, 6) is -0.929. The first-order valence-electron chi connectivity index (χ1n) is 11.4. The van der Waals surface area contributed by atoms with E-state index in [1.165, 1.54) is 12.1 Å². The lowest BCUT2D eigenvalue weighted by Crippen LogP contribution is -2.37. The number of hydrogen-bond donors (Lipinski definition) is 3. The molecule has 3 heterocycles. The number of aliphatic hydroxyl groups is 1. The smallest absolute Gasteiger partial charge is 0.395 e. The molecule has 1 amide bonds. The lowest BCUT2D eigenvalue weighted by atomic mass is 9.99. The summed E-state index contributed by atoms with van der Waals surface area (Å²) in [4.78, 5) is 18.8. The van der Waals surface area contributed by atoms with Crippen molar-refractivity contribution in [1.29, 1.82) is 0 Å². The summed E-state index contributed by atoms with van der Waals surface area (Å²) in [6.07, 6.45) is -3.82. The van der Waals surface area contributed by atoms with Crippen molar-refractivity contribution in [2.45, 2.75) is 13.1 Å². The number of anilines is 3. The minimum atomic E-state index is -4.75. The molecule has 9 nitrogen and oxygen atoms in total. The van der Waals surface area contributed by atoms with Gasteiger partial charge in [-0.05, 0) is 42.3 Å². The van der Waals surface area contributed by atoms with Gasteiger partial charge < -0.3 is 25.4 Å². The first kappa shape index (κ1) is 26.2. The van der Waals surface area contributed by atoms with Gasteiger partial charge in [-0.25, -0.2) is 9.37 Å². The normalized spacial score (nSPS) is 13.9. The lowest BCUT2D eigenvalue weighted by molar-refractivity contribution is -0.141. The fourth-order valence-electron chi connectivity index (χ4n) is 3.79. The zero-order chi connectivity index (χ0) is 26.6. The van der Waals surface area contributed by atoms with Crippen LogP contribution in [0.1, 0.15) is 21.6 Å². The predicted molar refractivity (Wildman–Crippen MR) is 128 cm³/mol. The van der Waals surface area contributed by atoms with Crippen molar-refractivity contribution < 1.29 is 32.2 Å². The Bertz CT molecular complexity index is 1280. The van der Waals surface area contributed by atoms with Crippen molar-refractivity contribution in [3.05, 3.63) is 59.2 Å². The summed E-state index contributed by atoms with van der Waals surface area (Å²) in [5.41, 5.74) is -0.0376. The van der Waals surface area contributed by atoms with Crippen LogP contribution in [0, 0.1) is 12.7 Å². The molecule has 196 valence electrons. The lowest BCUT2D eigenvalue weighted by Gasteiger charge is -2.29. The molecule has 0 bridgehead atoms. The topological polar surface area (TPSA) is 112 Å². The second-order valence-electron chi connectivity index (χ2n) is 8.25. The van der Waals surface area contributed by atoms with E-state index in [1.54, 1.807) is 24.0 Å². The zero-order valence-corrected chi connectivity index (χ0v) is 19.8. The van der Waals surface area contributed by atoms with Crippen molar-refractivity contribution in [3.8, 4) is 11.1 Å². The SMILES string of the molecule is Cc1ccc(NC(=O)c2cnnc(C(F)(F)F)c2)cc1-c1cc(NCCO)nc(N2CCOCC2)c1F. The minimum Gasteiger partial charge on any atom is -0.395 e. The number of nitrogens with one attached hydrogen (secondary N) is 2. The molecule has 0 unspecified atom stereocenters. The maximum Gasteiger partial charge on any atom is 0.435 e. The van der Waals surface area contributed by atoms with Crippen LogP contribution >= 0.6 is 0 Å². The second-order valence-corrected chi connectivity index (χ2v) is 8.25. The number of aryl methyl sites for hydroxylation is 1. The van der Waals surface area contributed by atoms with E-state index in [-0.39, 0.29) is 35.8 Å². The van der Waals surface area contributed by atoms with Crippen LogP contribution in [0.2, 0.25) is 0 Å². The predicted octanol–water partition coefficient (Wildman–Crippen LogP) is 3.50. The van der Waals surface area contributed by atoms with Crippen LogP contribution in [0.3, 0.4) is 0 Å². The van der Waals surface area contributed by atoms with Crippen LogP contribution in [0.5, 0.6) is 0 Å². The van der Waals surface area contributed by atoms with E-state index in [4.69, 9.17) is 4.74 Å². The molecular weight excluding hydrogens is 496 g/mol. The number of aromatic nitrogens is 3. The average molecular weight is 520 g/mol. The number of carbonyl (C=O) groups excluding carboxylic acids is 1. The molecule has 3 N–H and O–H groups in total. The third-order valence-corrected chi connectivity index (χ3v) is 5.66. The number of rotatable bonds is 7. The van der Waals surface area contributed by atoms with Crippen molar-refractivity contribution in [2.24, 2.45) is 0 Å². The van der Waals surface area contributed by atoms with E-state index in [0.29, 0.717) is 49.3 Å². The number of carbonyl (C=O) groups is 1. The Kier molecular flexibility index (Phi) is 7.83. The highest BCUT2D eigenvalue weighted by Crippen LogP contribution is 2.35. The van der Waals surface area contributed by atoms with Gasteiger partial charge in [0.1, 0.15) is 5.82 Å². The Morgan fingerprint density at radius 3 is 2.62 bits per heavy atom. The molecule has 3 aromatic rings. The van der Waals surface area contributed by atoms with Crippen LogP contribution in [0.25, 0.3) is 11.1 Å². The van der Waals surface area contributed by atoms with Gasteiger partial charge in [0.15, 0.2) is 17.3 Å². The number of amides is 1. The molecule has 1 fully saturated rings. The molecule has 4 rings (SSSR count). The summed E-state index contributed by atoms with van der Waals surface area (Å²) in [6, 6.07) is 6.86. The number of alkyl halides is 3. The van der Waals surface area contributed by atoms with Gasteiger partial charge in [-0.1, -0.05) is 6.07 Å². The van der Waals surface area contributed by atoms with Crippen LogP contribution in [0.15, 0.2) is 36.5 Å². The summed E-state index contributed by atoms with van der Waals surface area (Å²) >= 11 is 0. The highest BCUT2D eigenvalue weighted by atomic mass is 19.4. The third-order valence-electron chi connectivity index (χ3n) is 5.66. The maximum absolute atomic E-state index is 15.8. The Hall–Kier alpha value is -3.84. The zero-order valence-electron chi connectivity index (χ0n) is 19.8. The van der Waals surface area contributed by atoms with E-state index in [9.17, 15) is 23.1 Å². The molecule has 1 aliphatic heterocycles. The molecular formula is C24H24F4N6O3. The van der Waals surface area contributed by atoms with Crippen molar-refractivity contribution >= 4 is 23.2 Å². The van der Waals surface area contributed by atoms with Crippen LogP contribution < -0.4 is 15.5 Å². The number of nitrogens with zero attached hydrogens (tertiary/aromatic N) is 4. The van der Waals surface area contributed by atoms with Gasteiger partial charge in [0, 0.05) is 30.9 Å². The standard InChI is InChI=1S/C24H24F4N6O3/c1-14-2-3-16(31-23(36)15-10-19(24(26,27)28)33-30-13-15)11-17(14)18-12-20(29-4-7-35)32-22(21(18)25)34-5-8-37-9-6-34/h2-3,10-13,35H,4-9H2,1H3,(H,29,32)(H,31,36).